The van der Waals surface area contributed by atoms with Crippen LogP contribution in [0.3, 0.4) is 0 Å². The average Bonchev–Trinajstić information content (AvgIpc) is 3.01. The zero-order chi connectivity index (χ0) is 13.0. The second-order valence-corrected chi connectivity index (χ2v) is 4.39. The highest BCUT2D eigenvalue weighted by Crippen LogP contribution is 2.14. The standard InChI is InChI=1S/C12H9N3O2S/c1-8-5-11(15-17-8)14-7-9(6-13)12(16)10-3-2-4-18-10/h2-5,7H,1H3,(H,14,15)/b9-7+. The van der Waals surface area contributed by atoms with Crippen molar-refractivity contribution in [1.82, 2.24) is 5.16 Å². The molecule has 0 saturated heterocycles. The zero-order valence-electron chi connectivity index (χ0n) is 9.51. The zero-order valence-corrected chi connectivity index (χ0v) is 10.3. The van der Waals surface area contributed by atoms with E-state index in [0.717, 1.165) is 0 Å². The molecule has 0 aliphatic rings. The molecule has 2 heterocycles. The van der Waals surface area contributed by atoms with Crippen LogP contribution in [0.15, 0.2) is 39.9 Å². The van der Waals surface area contributed by atoms with Gasteiger partial charge in [-0.3, -0.25) is 4.79 Å². The lowest BCUT2D eigenvalue weighted by molar-refractivity contribution is 0.104. The maximum atomic E-state index is 11.9. The first-order chi connectivity index (χ1) is 8.70. The quantitative estimate of drug-likeness (QED) is 0.519. The van der Waals surface area contributed by atoms with Gasteiger partial charge in [0.1, 0.15) is 17.4 Å². The van der Waals surface area contributed by atoms with Crippen LogP contribution in [0.5, 0.6) is 0 Å². The van der Waals surface area contributed by atoms with Gasteiger partial charge in [-0.25, -0.2) is 0 Å². The molecule has 90 valence electrons. The van der Waals surface area contributed by atoms with Crippen LogP contribution in [-0.2, 0) is 0 Å². The molecule has 0 aliphatic carbocycles. The summed E-state index contributed by atoms with van der Waals surface area (Å²) in [4.78, 5) is 12.4. The van der Waals surface area contributed by atoms with Gasteiger partial charge in [0.15, 0.2) is 5.82 Å². The number of nitrogens with one attached hydrogen (secondary N) is 1. The number of allylic oxidation sites excluding steroid dienone is 1. The summed E-state index contributed by atoms with van der Waals surface area (Å²) in [6.45, 7) is 1.75. The molecule has 0 unspecified atom stereocenters. The first-order valence-corrected chi connectivity index (χ1v) is 5.97. The summed E-state index contributed by atoms with van der Waals surface area (Å²) in [6.07, 6.45) is 1.33. The molecule has 2 rings (SSSR count). The smallest absolute Gasteiger partial charge is 0.214 e. The minimum absolute atomic E-state index is 0.0260. The van der Waals surface area contributed by atoms with Gasteiger partial charge in [-0.2, -0.15) is 5.26 Å². The summed E-state index contributed by atoms with van der Waals surface area (Å²) in [5.41, 5.74) is 0.0260. The van der Waals surface area contributed by atoms with E-state index in [2.05, 4.69) is 10.5 Å². The molecule has 0 radical (unpaired) electrons. The van der Waals surface area contributed by atoms with Gasteiger partial charge in [-0.1, -0.05) is 11.2 Å². The molecule has 18 heavy (non-hydrogen) atoms. The fourth-order valence-corrected chi connectivity index (χ4v) is 1.95. The van der Waals surface area contributed by atoms with Crippen molar-refractivity contribution in [1.29, 1.82) is 5.26 Å². The Labute approximate surface area is 107 Å². The van der Waals surface area contributed by atoms with Gasteiger partial charge in [0.25, 0.3) is 0 Å². The Bertz CT molecular complexity index is 620. The third kappa shape index (κ3) is 2.64. The van der Waals surface area contributed by atoms with Crippen LogP contribution in [0.1, 0.15) is 15.4 Å². The van der Waals surface area contributed by atoms with E-state index in [9.17, 15) is 4.79 Å². The maximum Gasteiger partial charge on any atom is 0.214 e. The molecule has 0 aliphatic heterocycles. The lowest BCUT2D eigenvalue weighted by atomic mass is 10.2. The van der Waals surface area contributed by atoms with Crippen molar-refractivity contribution in [3.05, 3.63) is 46.0 Å². The summed E-state index contributed by atoms with van der Waals surface area (Å²) >= 11 is 1.30. The summed E-state index contributed by atoms with van der Waals surface area (Å²) in [5, 5.41) is 17.2. The van der Waals surface area contributed by atoms with E-state index >= 15 is 0 Å². The van der Waals surface area contributed by atoms with E-state index in [1.807, 2.05) is 6.07 Å². The molecule has 0 spiro atoms. The average molecular weight is 259 g/mol. The van der Waals surface area contributed by atoms with Crippen molar-refractivity contribution >= 4 is 22.9 Å². The largest absolute Gasteiger partial charge is 0.360 e. The van der Waals surface area contributed by atoms with E-state index in [-0.39, 0.29) is 11.4 Å². The fraction of sp³-hybridized carbons (Fsp3) is 0.0833. The molecular weight excluding hydrogens is 250 g/mol. The number of anilines is 1. The van der Waals surface area contributed by atoms with Gasteiger partial charge in [0, 0.05) is 12.3 Å². The van der Waals surface area contributed by atoms with Gasteiger partial charge in [-0.15, -0.1) is 11.3 Å². The number of thiophene rings is 1. The molecule has 0 amide bonds. The molecule has 0 atom stereocenters. The Morgan fingerprint density at radius 3 is 3.06 bits per heavy atom. The van der Waals surface area contributed by atoms with Crippen molar-refractivity contribution in [2.24, 2.45) is 0 Å². The fourth-order valence-electron chi connectivity index (χ4n) is 1.27. The summed E-state index contributed by atoms with van der Waals surface area (Å²) in [6, 6.07) is 6.98. The summed E-state index contributed by atoms with van der Waals surface area (Å²) in [5.74, 6) is 0.799. The van der Waals surface area contributed by atoms with Crippen molar-refractivity contribution in [3.8, 4) is 6.07 Å². The Hall–Kier alpha value is -2.39. The lowest BCUT2D eigenvalue weighted by Crippen LogP contribution is -2.02. The van der Waals surface area contributed by atoms with Crippen LogP contribution >= 0.6 is 11.3 Å². The highest BCUT2D eigenvalue weighted by molar-refractivity contribution is 7.12. The van der Waals surface area contributed by atoms with Crippen LogP contribution < -0.4 is 5.32 Å². The minimum atomic E-state index is -0.305. The molecule has 2 aromatic heterocycles. The summed E-state index contributed by atoms with van der Waals surface area (Å²) < 4.78 is 4.86. The summed E-state index contributed by atoms with van der Waals surface area (Å²) in [7, 11) is 0. The third-order valence-electron chi connectivity index (χ3n) is 2.10. The number of rotatable bonds is 4. The highest BCUT2D eigenvalue weighted by atomic mass is 32.1. The number of nitriles is 1. The normalized spacial score (nSPS) is 11.0. The van der Waals surface area contributed by atoms with Crippen molar-refractivity contribution in [2.45, 2.75) is 6.92 Å². The molecule has 5 nitrogen and oxygen atoms in total. The van der Waals surface area contributed by atoms with Crippen LogP contribution in [0, 0.1) is 18.3 Å². The number of ketones is 1. The number of hydrogen-bond acceptors (Lipinski definition) is 6. The van der Waals surface area contributed by atoms with Crippen molar-refractivity contribution < 1.29 is 9.32 Å². The topological polar surface area (TPSA) is 78.9 Å². The number of hydrogen-bond donors (Lipinski definition) is 1. The van der Waals surface area contributed by atoms with Crippen LogP contribution in [-0.4, -0.2) is 10.9 Å². The number of carbonyl (C=O) groups is 1. The molecule has 0 aromatic carbocycles. The minimum Gasteiger partial charge on any atom is -0.360 e. The number of nitrogens with zero attached hydrogens (tertiary/aromatic N) is 2. The van der Waals surface area contributed by atoms with Gasteiger partial charge < -0.3 is 9.84 Å². The third-order valence-corrected chi connectivity index (χ3v) is 2.97. The van der Waals surface area contributed by atoms with Gasteiger partial charge >= 0.3 is 0 Å². The Balaban J connectivity index is 2.14. The van der Waals surface area contributed by atoms with E-state index in [4.69, 9.17) is 9.78 Å². The van der Waals surface area contributed by atoms with Crippen molar-refractivity contribution in [2.75, 3.05) is 5.32 Å². The molecular formula is C12H9N3O2S. The number of aryl methyl sites for hydroxylation is 1. The predicted octanol–water partition coefficient (Wildman–Crippen LogP) is 2.75. The SMILES string of the molecule is Cc1cc(N/C=C(\C#N)C(=O)c2cccs2)no1. The predicted molar refractivity (Wildman–Crippen MR) is 67.2 cm³/mol. The monoisotopic (exact) mass is 259 g/mol. The van der Waals surface area contributed by atoms with E-state index < -0.39 is 0 Å². The highest BCUT2D eigenvalue weighted by Gasteiger charge is 2.12. The molecule has 1 N–H and O–H groups in total. The molecule has 6 heteroatoms. The maximum absolute atomic E-state index is 11.9. The number of carbonyl (C=O) groups excluding carboxylic acids is 1. The first kappa shape index (κ1) is 12.1. The molecule has 0 bridgehead atoms. The van der Waals surface area contributed by atoms with Crippen LogP contribution in [0.2, 0.25) is 0 Å². The van der Waals surface area contributed by atoms with Gasteiger partial charge in [0.05, 0.1) is 4.88 Å². The molecule has 0 saturated carbocycles. The van der Waals surface area contributed by atoms with Crippen molar-refractivity contribution in [3.63, 3.8) is 0 Å². The van der Waals surface area contributed by atoms with Gasteiger partial charge in [0.2, 0.25) is 5.78 Å². The second kappa shape index (κ2) is 5.29. The van der Waals surface area contributed by atoms with Crippen LogP contribution in [0.4, 0.5) is 5.82 Å². The Morgan fingerprint density at radius 1 is 1.67 bits per heavy atom. The van der Waals surface area contributed by atoms with E-state index in [1.54, 1.807) is 30.5 Å². The number of Topliss-reactive ketones (excluding diaryl/α,β-unsaturated/α-hetero) is 1. The Kier molecular flexibility index (Phi) is 3.55. The van der Waals surface area contributed by atoms with Gasteiger partial charge in [-0.05, 0) is 18.4 Å². The Morgan fingerprint density at radius 2 is 2.50 bits per heavy atom. The lowest BCUT2D eigenvalue weighted by Gasteiger charge is -1.96. The molecule has 2 aromatic rings. The second-order valence-electron chi connectivity index (χ2n) is 3.44. The molecule has 0 fully saturated rings. The first-order valence-electron chi connectivity index (χ1n) is 5.09. The van der Waals surface area contributed by atoms with Crippen LogP contribution in [0.25, 0.3) is 0 Å². The number of aromatic nitrogens is 1. The van der Waals surface area contributed by atoms with E-state index in [1.165, 1.54) is 17.5 Å². The van der Waals surface area contributed by atoms with E-state index in [0.29, 0.717) is 16.5 Å².